The lowest BCUT2D eigenvalue weighted by molar-refractivity contribution is -0.360. The number of fused-ring (bicyclic) bond motifs is 1. The van der Waals surface area contributed by atoms with Gasteiger partial charge in [-0.2, -0.15) is 10.1 Å². The van der Waals surface area contributed by atoms with Gasteiger partial charge >= 0.3 is 5.91 Å². The summed E-state index contributed by atoms with van der Waals surface area (Å²) in [6, 6.07) is 10.3. The van der Waals surface area contributed by atoms with E-state index in [0.29, 0.717) is 29.0 Å². The number of hydrogen-bond donors (Lipinski definition) is 2. The predicted octanol–water partition coefficient (Wildman–Crippen LogP) is 1.89. The largest absolute Gasteiger partial charge is 0.497 e. The van der Waals surface area contributed by atoms with E-state index >= 15 is 0 Å². The highest BCUT2D eigenvalue weighted by atomic mass is 16.5. The molecule has 9 nitrogen and oxygen atoms in total. The van der Waals surface area contributed by atoms with E-state index in [4.69, 9.17) is 9.47 Å². The van der Waals surface area contributed by atoms with Gasteiger partial charge in [0.25, 0.3) is 5.82 Å². The van der Waals surface area contributed by atoms with Crippen molar-refractivity contribution < 1.29 is 19.3 Å². The maximum Gasteiger partial charge on any atom is 0.319 e. The maximum absolute atomic E-state index is 13.3. The van der Waals surface area contributed by atoms with Crippen LogP contribution < -0.4 is 25.1 Å². The number of rotatable bonds is 5. The molecular formula is C20H21N6O3+. The number of methoxy groups -OCH3 is 2. The SMILES string of the molecule is C=C1Nc2ncnn2C(c2cc(OC)ccc2OC)C1C(=O)Nc1cccc[nH+]1. The van der Waals surface area contributed by atoms with Gasteiger partial charge in [-0.25, -0.2) is 19.8 Å². The summed E-state index contributed by atoms with van der Waals surface area (Å²) >= 11 is 0. The number of aromatic nitrogens is 4. The number of amides is 1. The Kier molecular flexibility index (Phi) is 4.86. The van der Waals surface area contributed by atoms with Gasteiger partial charge in [0.05, 0.1) is 20.4 Å². The van der Waals surface area contributed by atoms with Gasteiger partial charge in [-0.1, -0.05) is 12.6 Å². The Morgan fingerprint density at radius 1 is 1.28 bits per heavy atom. The Hall–Kier alpha value is -3.88. The standard InChI is InChI=1S/C20H20N6O3/c1-12-17(19(27)25-16-6-4-5-9-21-16)18(26-20(24-12)22-11-23-26)14-10-13(28-2)7-8-15(14)29-3/h4-11,17-18H,1H2,2-3H3,(H,21,25,27)(H,22,23,24)/p+1. The van der Waals surface area contributed by atoms with Crippen LogP contribution in [0.4, 0.5) is 11.8 Å². The molecule has 1 aliphatic heterocycles. The molecule has 9 heteroatoms. The third kappa shape index (κ3) is 3.38. The topological polar surface area (TPSA) is 104 Å². The van der Waals surface area contributed by atoms with Crippen LogP contribution in [0.25, 0.3) is 0 Å². The lowest BCUT2D eigenvalue weighted by Crippen LogP contribution is -2.40. The molecular weight excluding hydrogens is 372 g/mol. The van der Waals surface area contributed by atoms with Crippen molar-refractivity contribution in [2.24, 2.45) is 5.92 Å². The predicted molar refractivity (Wildman–Crippen MR) is 106 cm³/mol. The van der Waals surface area contributed by atoms with E-state index in [2.05, 4.69) is 32.3 Å². The second kappa shape index (κ2) is 7.63. The summed E-state index contributed by atoms with van der Waals surface area (Å²) in [4.78, 5) is 20.5. The van der Waals surface area contributed by atoms with Crippen molar-refractivity contribution in [2.45, 2.75) is 6.04 Å². The fraction of sp³-hybridized carbons (Fsp3) is 0.200. The number of H-pyrrole nitrogens is 1. The number of benzene rings is 1. The van der Waals surface area contributed by atoms with Crippen molar-refractivity contribution in [1.29, 1.82) is 0 Å². The third-order valence-corrected chi connectivity index (χ3v) is 4.80. The van der Waals surface area contributed by atoms with E-state index in [1.165, 1.54) is 6.33 Å². The molecule has 0 saturated carbocycles. The highest BCUT2D eigenvalue weighted by Gasteiger charge is 2.43. The first-order valence-corrected chi connectivity index (χ1v) is 8.97. The van der Waals surface area contributed by atoms with Crippen LogP contribution in [0.1, 0.15) is 11.6 Å². The first-order valence-electron chi connectivity index (χ1n) is 8.97. The molecule has 1 aromatic carbocycles. The fourth-order valence-corrected chi connectivity index (χ4v) is 3.46. The molecule has 2 aromatic heterocycles. The summed E-state index contributed by atoms with van der Waals surface area (Å²) in [6.07, 6.45) is 3.17. The van der Waals surface area contributed by atoms with E-state index in [-0.39, 0.29) is 5.91 Å². The smallest absolute Gasteiger partial charge is 0.319 e. The zero-order valence-corrected chi connectivity index (χ0v) is 16.0. The summed E-state index contributed by atoms with van der Waals surface area (Å²) < 4.78 is 12.6. The number of hydrogen-bond acceptors (Lipinski definition) is 6. The summed E-state index contributed by atoms with van der Waals surface area (Å²) in [7, 11) is 3.17. The molecule has 3 N–H and O–H groups in total. The second-order valence-electron chi connectivity index (χ2n) is 6.47. The molecule has 2 atom stereocenters. The van der Waals surface area contributed by atoms with Gasteiger partial charge in [-0.15, -0.1) is 0 Å². The molecule has 0 bridgehead atoms. The zero-order valence-electron chi connectivity index (χ0n) is 16.0. The maximum atomic E-state index is 13.3. The number of nitrogens with one attached hydrogen (secondary N) is 3. The van der Waals surface area contributed by atoms with Gasteiger partial charge in [-0.3, -0.25) is 0 Å². The lowest BCUT2D eigenvalue weighted by atomic mass is 9.87. The Morgan fingerprint density at radius 2 is 2.14 bits per heavy atom. The first-order chi connectivity index (χ1) is 14.1. The minimum atomic E-state index is -0.682. The molecule has 1 aliphatic rings. The van der Waals surface area contributed by atoms with Crippen LogP contribution in [0.15, 0.2) is 61.2 Å². The molecule has 148 valence electrons. The van der Waals surface area contributed by atoms with Crippen LogP contribution in [0.2, 0.25) is 0 Å². The molecule has 0 fully saturated rings. The summed E-state index contributed by atoms with van der Waals surface area (Å²) in [6.45, 7) is 4.08. The number of aromatic amines is 1. The van der Waals surface area contributed by atoms with Gasteiger partial charge in [0, 0.05) is 17.3 Å². The third-order valence-electron chi connectivity index (χ3n) is 4.80. The monoisotopic (exact) mass is 393 g/mol. The average Bonchev–Trinajstić information content (AvgIpc) is 3.20. The van der Waals surface area contributed by atoms with Crippen molar-refractivity contribution in [3.05, 3.63) is 66.8 Å². The number of ether oxygens (including phenoxy) is 2. The van der Waals surface area contributed by atoms with Crippen LogP contribution in [0, 0.1) is 5.92 Å². The van der Waals surface area contributed by atoms with Gasteiger partial charge in [0.15, 0.2) is 0 Å². The van der Waals surface area contributed by atoms with Crippen molar-refractivity contribution in [3.8, 4) is 11.5 Å². The number of nitrogens with zero attached hydrogens (tertiary/aromatic N) is 3. The highest BCUT2D eigenvalue weighted by Crippen LogP contribution is 2.42. The minimum absolute atomic E-state index is 0.249. The quantitative estimate of drug-likeness (QED) is 0.686. The Balaban J connectivity index is 1.81. The fourth-order valence-electron chi connectivity index (χ4n) is 3.46. The number of carbonyl (C=O) groups is 1. The van der Waals surface area contributed by atoms with E-state index in [1.807, 2.05) is 18.2 Å². The Labute approximate surface area is 167 Å². The van der Waals surface area contributed by atoms with Crippen LogP contribution in [0.3, 0.4) is 0 Å². The van der Waals surface area contributed by atoms with Crippen LogP contribution >= 0.6 is 0 Å². The minimum Gasteiger partial charge on any atom is -0.497 e. The molecule has 3 heterocycles. The van der Waals surface area contributed by atoms with E-state index in [9.17, 15) is 4.79 Å². The van der Waals surface area contributed by atoms with Gasteiger partial charge in [0.2, 0.25) is 5.95 Å². The van der Waals surface area contributed by atoms with E-state index in [0.717, 1.165) is 5.56 Å². The molecule has 3 aromatic rings. The molecule has 0 saturated heterocycles. The van der Waals surface area contributed by atoms with Crippen LogP contribution in [0.5, 0.6) is 11.5 Å². The lowest BCUT2D eigenvalue weighted by Gasteiger charge is -2.33. The van der Waals surface area contributed by atoms with E-state index < -0.39 is 12.0 Å². The van der Waals surface area contributed by atoms with Gasteiger partial charge in [-0.05, 0) is 24.3 Å². The van der Waals surface area contributed by atoms with Crippen molar-refractivity contribution in [2.75, 3.05) is 24.9 Å². The van der Waals surface area contributed by atoms with Crippen molar-refractivity contribution in [3.63, 3.8) is 0 Å². The van der Waals surface area contributed by atoms with Crippen molar-refractivity contribution in [1.82, 2.24) is 14.8 Å². The average molecular weight is 393 g/mol. The Morgan fingerprint density at radius 3 is 2.86 bits per heavy atom. The van der Waals surface area contributed by atoms with Crippen LogP contribution in [-0.2, 0) is 4.79 Å². The molecule has 0 aliphatic carbocycles. The second-order valence-corrected chi connectivity index (χ2v) is 6.47. The Bertz CT molecular complexity index is 1050. The molecule has 29 heavy (non-hydrogen) atoms. The molecule has 0 radical (unpaired) electrons. The molecule has 0 spiro atoms. The number of anilines is 2. The highest BCUT2D eigenvalue weighted by molar-refractivity contribution is 5.94. The van der Waals surface area contributed by atoms with Crippen molar-refractivity contribution >= 4 is 17.7 Å². The zero-order chi connectivity index (χ0) is 20.4. The number of carbonyl (C=O) groups excluding carboxylic acids is 1. The molecule has 4 rings (SSSR count). The molecule has 2 unspecified atom stereocenters. The summed E-state index contributed by atoms with van der Waals surface area (Å²) in [5, 5.41) is 10.3. The first kappa shape index (κ1) is 18.5. The van der Waals surface area contributed by atoms with Gasteiger partial charge in [0.1, 0.15) is 29.8 Å². The van der Waals surface area contributed by atoms with E-state index in [1.54, 1.807) is 43.3 Å². The molecule has 1 amide bonds. The summed E-state index contributed by atoms with van der Waals surface area (Å²) in [5.74, 6) is 1.39. The number of pyridine rings is 1. The summed E-state index contributed by atoms with van der Waals surface area (Å²) in [5.41, 5.74) is 1.24. The van der Waals surface area contributed by atoms with Gasteiger partial charge < -0.3 is 14.8 Å². The normalized spacial score (nSPS) is 17.8. The van der Waals surface area contributed by atoms with Crippen LogP contribution in [-0.4, -0.2) is 34.9 Å².